The van der Waals surface area contributed by atoms with Crippen molar-refractivity contribution >= 4 is 12.1 Å². The SMILES string of the molecule is CCCCCCCCCC(=O)OCOC(=O)N(CC)C(C1CCC(C)C1)C(C)c1ccccc1. The van der Waals surface area contributed by atoms with E-state index in [0.29, 0.717) is 24.8 Å². The minimum atomic E-state index is -0.390. The third-order valence-electron chi connectivity index (χ3n) is 7.38. The predicted octanol–water partition coefficient (Wildman–Crippen LogP) is 7.69. The van der Waals surface area contributed by atoms with E-state index < -0.39 is 6.09 Å². The molecule has 1 aliphatic carbocycles. The Morgan fingerprint density at radius 2 is 1.65 bits per heavy atom. The van der Waals surface area contributed by atoms with Crippen LogP contribution in [0.2, 0.25) is 0 Å². The van der Waals surface area contributed by atoms with Gasteiger partial charge in [-0.2, -0.15) is 0 Å². The Morgan fingerprint density at radius 1 is 0.971 bits per heavy atom. The van der Waals surface area contributed by atoms with Crippen LogP contribution in [0.25, 0.3) is 0 Å². The van der Waals surface area contributed by atoms with Gasteiger partial charge in [0.25, 0.3) is 0 Å². The highest BCUT2D eigenvalue weighted by molar-refractivity contribution is 5.70. The van der Waals surface area contributed by atoms with Gasteiger partial charge in [0, 0.05) is 24.9 Å². The molecule has 4 atom stereocenters. The lowest BCUT2D eigenvalue weighted by atomic mass is 9.82. The van der Waals surface area contributed by atoms with Gasteiger partial charge in [-0.25, -0.2) is 4.79 Å². The van der Waals surface area contributed by atoms with Gasteiger partial charge < -0.3 is 14.4 Å². The molecule has 192 valence electrons. The molecule has 0 spiro atoms. The first-order valence-corrected chi connectivity index (χ1v) is 13.6. The molecule has 1 fully saturated rings. The second-order valence-corrected chi connectivity index (χ2v) is 10.1. The molecule has 1 saturated carbocycles. The van der Waals surface area contributed by atoms with Crippen LogP contribution in [0, 0.1) is 11.8 Å². The van der Waals surface area contributed by atoms with E-state index in [4.69, 9.17) is 9.47 Å². The quantitative estimate of drug-likeness (QED) is 0.149. The van der Waals surface area contributed by atoms with Crippen molar-refractivity contribution in [2.45, 2.75) is 110 Å². The lowest BCUT2D eigenvalue weighted by Crippen LogP contribution is -2.47. The monoisotopic (exact) mass is 473 g/mol. The molecule has 0 radical (unpaired) electrons. The van der Waals surface area contributed by atoms with Crippen molar-refractivity contribution in [3.05, 3.63) is 35.9 Å². The molecular weight excluding hydrogens is 426 g/mol. The number of amides is 1. The van der Waals surface area contributed by atoms with Gasteiger partial charge in [0.2, 0.25) is 6.79 Å². The number of carbonyl (C=O) groups is 2. The maximum absolute atomic E-state index is 13.1. The number of hydrogen-bond donors (Lipinski definition) is 0. The molecule has 0 N–H and O–H groups in total. The molecule has 2 rings (SSSR count). The Hall–Kier alpha value is -2.04. The average molecular weight is 474 g/mol. The van der Waals surface area contributed by atoms with Crippen molar-refractivity contribution < 1.29 is 19.1 Å². The van der Waals surface area contributed by atoms with E-state index in [1.165, 1.54) is 37.7 Å². The zero-order chi connectivity index (χ0) is 24.8. The molecule has 1 amide bonds. The van der Waals surface area contributed by atoms with Gasteiger partial charge in [0.1, 0.15) is 0 Å². The zero-order valence-electron chi connectivity index (χ0n) is 22.0. The molecule has 1 aromatic carbocycles. The number of nitrogens with zero attached hydrogens (tertiary/aromatic N) is 1. The van der Waals surface area contributed by atoms with Crippen LogP contribution in [-0.2, 0) is 14.3 Å². The summed E-state index contributed by atoms with van der Waals surface area (Å²) in [6.45, 7) is 8.97. The third kappa shape index (κ3) is 9.31. The van der Waals surface area contributed by atoms with Gasteiger partial charge in [-0.05, 0) is 43.6 Å². The van der Waals surface area contributed by atoms with Gasteiger partial charge >= 0.3 is 12.1 Å². The number of hydrogen-bond acceptors (Lipinski definition) is 4. The predicted molar refractivity (Wildman–Crippen MR) is 138 cm³/mol. The first kappa shape index (κ1) is 28.2. The summed E-state index contributed by atoms with van der Waals surface area (Å²) in [6, 6.07) is 10.5. The summed E-state index contributed by atoms with van der Waals surface area (Å²) in [5.74, 6) is 1.03. The van der Waals surface area contributed by atoms with Gasteiger partial charge in [0.15, 0.2) is 0 Å². The van der Waals surface area contributed by atoms with Gasteiger partial charge in [-0.15, -0.1) is 0 Å². The summed E-state index contributed by atoms with van der Waals surface area (Å²) in [5, 5.41) is 0. The topological polar surface area (TPSA) is 55.8 Å². The van der Waals surface area contributed by atoms with E-state index >= 15 is 0 Å². The minimum absolute atomic E-state index is 0.0632. The van der Waals surface area contributed by atoms with Gasteiger partial charge in [-0.1, -0.05) is 96.0 Å². The van der Waals surface area contributed by atoms with Crippen LogP contribution in [0.4, 0.5) is 4.79 Å². The highest BCUT2D eigenvalue weighted by Crippen LogP contribution is 2.40. The maximum atomic E-state index is 13.1. The van der Waals surface area contributed by atoms with E-state index in [0.717, 1.165) is 32.1 Å². The molecular formula is C29H47NO4. The molecule has 0 heterocycles. The van der Waals surface area contributed by atoms with Crippen molar-refractivity contribution in [2.75, 3.05) is 13.3 Å². The van der Waals surface area contributed by atoms with Crippen LogP contribution in [-0.4, -0.2) is 36.3 Å². The molecule has 1 aliphatic rings. The number of carbonyl (C=O) groups excluding carboxylic acids is 2. The lowest BCUT2D eigenvalue weighted by Gasteiger charge is -2.38. The summed E-state index contributed by atoms with van der Waals surface area (Å²) in [7, 11) is 0. The summed E-state index contributed by atoms with van der Waals surface area (Å²) in [5.41, 5.74) is 1.24. The number of likely N-dealkylation sites (N-methyl/N-ethyl adjacent to an activating group) is 1. The molecule has 0 saturated heterocycles. The lowest BCUT2D eigenvalue weighted by molar-refractivity contribution is -0.152. The molecule has 0 aliphatic heterocycles. The Bertz CT molecular complexity index is 707. The van der Waals surface area contributed by atoms with Crippen molar-refractivity contribution in [3.63, 3.8) is 0 Å². The number of ether oxygens (including phenoxy) is 2. The smallest absolute Gasteiger partial charge is 0.412 e. The van der Waals surface area contributed by atoms with Gasteiger partial charge in [-0.3, -0.25) is 4.79 Å². The normalized spacial score (nSPS) is 19.4. The Kier molecular flexibility index (Phi) is 13.1. The number of benzene rings is 1. The Balaban J connectivity index is 1.85. The second kappa shape index (κ2) is 15.8. The minimum Gasteiger partial charge on any atom is -0.428 e. The van der Waals surface area contributed by atoms with Crippen molar-refractivity contribution in [1.29, 1.82) is 0 Å². The maximum Gasteiger partial charge on any atom is 0.412 e. The highest BCUT2D eigenvalue weighted by Gasteiger charge is 2.38. The summed E-state index contributed by atoms with van der Waals surface area (Å²) in [6.07, 6.45) is 11.5. The van der Waals surface area contributed by atoms with Crippen LogP contribution < -0.4 is 0 Å². The molecule has 5 nitrogen and oxygen atoms in total. The fourth-order valence-electron chi connectivity index (χ4n) is 5.44. The van der Waals surface area contributed by atoms with Crippen molar-refractivity contribution in [3.8, 4) is 0 Å². The van der Waals surface area contributed by atoms with E-state index in [9.17, 15) is 9.59 Å². The van der Waals surface area contributed by atoms with E-state index in [1.807, 2.05) is 17.9 Å². The summed E-state index contributed by atoms with van der Waals surface area (Å²) in [4.78, 5) is 27.0. The standard InChI is InChI=1S/C29H47NO4/c1-5-7-8-9-10-11-15-18-27(31)33-22-34-29(32)30(6-2)28(26-20-19-23(3)21-26)24(4)25-16-13-12-14-17-25/h12-14,16-17,23-24,26,28H,5-11,15,18-22H2,1-4H3. The van der Waals surface area contributed by atoms with Crippen LogP contribution >= 0.6 is 0 Å². The van der Waals surface area contributed by atoms with E-state index in [1.54, 1.807) is 0 Å². The number of unbranched alkanes of at least 4 members (excludes halogenated alkanes) is 6. The second-order valence-electron chi connectivity index (χ2n) is 10.1. The first-order valence-electron chi connectivity index (χ1n) is 13.6. The molecule has 1 aromatic rings. The molecule has 5 heteroatoms. The van der Waals surface area contributed by atoms with E-state index in [-0.39, 0.29) is 24.7 Å². The zero-order valence-corrected chi connectivity index (χ0v) is 22.0. The fraction of sp³-hybridized carbons (Fsp3) is 0.724. The summed E-state index contributed by atoms with van der Waals surface area (Å²) < 4.78 is 10.6. The summed E-state index contributed by atoms with van der Waals surface area (Å²) >= 11 is 0. The van der Waals surface area contributed by atoms with E-state index in [2.05, 4.69) is 45.0 Å². The van der Waals surface area contributed by atoms with Gasteiger partial charge in [0.05, 0.1) is 0 Å². The highest BCUT2D eigenvalue weighted by atomic mass is 16.7. The van der Waals surface area contributed by atoms with Crippen LogP contribution in [0.5, 0.6) is 0 Å². The van der Waals surface area contributed by atoms with Crippen molar-refractivity contribution in [2.24, 2.45) is 11.8 Å². The fourth-order valence-corrected chi connectivity index (χ4v) is 5.44. The first-order chi connectivity index (χ1) is 16.5. The largest absolute Gasteiger partial charge is 0.428 e. The van der Waals surface area contributed by atoms with Crippen LogP contribution in [0.15, 0.2) is 30.3 Å². The Labute approximate surface area is 207 Å². The van der Waals surface area contributed by atoms with Crippen LogP contribution in [0.3, 0.4) is 0 Å². The Morgan fingerprint density at radius 3 is 2.26 bits per heavy atom. The molecule has 4 unspecified atom stereocenters. The molecule has 0 bridgehead atoms. The molecule has 0 aromatic heterocycles. The average Bonchev–Trinajstić information content (AvgIpc) is 3.27. The van der Waals surface area contributed by atoms with Crippen molar-refractivity contribution in [1.82, 2.24) is 4.90 Å². The number of esters is 1. The molecule has 34 heavy (non-hydrogen) atoms. The van der Waals surface area contributed by atoms with Crippen LogP contribution in [0.1, 0.15) is 110 Å². The number of rotatable bonds is 15. The third-order valence-corrected chi connectivity index (χ3v) is 7.38.